The second-order valence-electron chi connectivity index (χ2n) is 2.43. The van der Waals surface area contributed by atoms with Crippen LogP contribution in [0.2, 0.25) is 0 Å². The molecule has 60 valence electrons. The fourth-order valence-electron chi connectivity index (χ4n) is 1.03. The fourth-order valence-corrected chi connectivity index (χ4v) is 1.03. The summed E-state index contributed by atoms with van der Waals surface area (Å²) in [7, 11) is 0. The van der Waals surface area contributed by atoms with Gasteiger partial charge in [0, 0.05) is 24.8 Å². The lowest BCUT2D eigenvalue weighted by Gasteiger charge is -2.13. The van der Waals surface area contributed by atoms with Crippen LogP contribution in [0.5, 0.6) is 0 Å². The molecule has 2 nitrogen and oxygen atoms in total. The molecule has 0 bridgehead atoms. The Kier molecular flexibility index (Phi) is 2.78. The van der Waals surface area contributed by atoms with Crippen LogP contribution in [0.15, 0.2) is 37.0 Å². The smallest absolute Gasteiger partial charge is 0.0977 e. The summed E-state index contributed by atoms with van der Waals surface area (Å²) >= 11 is 0. The molecule has 0 aromatic carbocycles. The minimum atomic E-state index is 0.925. The summed E-state index contributed by atoms with van der Waals surface area (Å²) in [4.78, 5) is 4.25. The van der Waals surface area contributed by atoms with Crippen molar-refractivity contribution in [2.45, 2.75) is 13.8 Å². The van der Waals surface area contributed by atoms with Gasteiger partial charge in [-0.1, -0.05) is 12.2 Å². The van der Waals surface area contributed by atoms with Crippen LogP contribution < -0.4 is 0 Å². The van der Waals surface area contributed by atoms with Gasteiger partial charge in [0.2, 0.25) is 0 Å². The average Bonchev–Trinajstić information content (AvgIpc) is 2.38. The molecule has 1 heterocycles. The van der Waals surface area contributed by atoms with E-state index in [4.69, 9.17) is 0 Å². The van der Waals surface area contributed by atoms with E-state index in [-0.39, 0.29) is 0 Å². The Balaban J connectivity index is 2.42. The summed E-state index contributed by atoms with van der Waals surface area (Å²) in [5.74, 6) is 0. The predicted octanol–water partition coefficient (Wildman–Crippen LogP) is 2.10. The van der Waals surface area contributed by atoms with E-state index in [0.29, 0.717) is 0 Å². The van der Waals surface area contributed by atoms with Crippen molar-refractivity contribution >= 4 is 0 Å². The Hall–Kier alpha value is -1.18. The van der Waals surface area contributed by atoms with Gasteiger partial charge in [-0.3, -0.25) is 0 Å². The van der Waals surface area contributed by atoms with Crippen LogP contribution in [0.3, 0.4) is 0 Å². The molecule has 0 aromatic heterocycles. The third kappa shape index (κ3) is 2.15. The molecule has 0 N–H and O–H groups in total. The molecule has 1 aliphatic heterocycles. The van der Waals surface area contributed by atoms with Gasteiger partial charge in [0.25, 0.3) is 0 Å². The standard InChI is InChI=1S/C9H14N2/c1-3-5-10-7-8-11(9-10)6-4-2/h3-8H,9H2,1-2H3. The SMILES string of the molecule is CC=CN1C=CN(C=CC)C1. The van der Waals surface area contributed by atoms with Gasteiger partial charge in [0.1, 0.15) is 0 Å². The maximum atomic E-state index is 2.12. The van der Waals surface area contributed by atoms with E-state index in [1.807, 2.05) is 26.0 Å². The van der Waals surface area contributed by atoms with Crippen molar-refractivity contribution in [3.05, 3.63) is 37.0 Å². The summed E-state index contributed by atoms with van der Waals surface area (Å²) in [5, 5.41) is 0. The molecule has 0 saturated carbocycles. The zero-order valence-corrected chi connectivity index (χ0v) is 7.07. The first-order valence-electron chi connectivity index (χ1n) is 3.82. The molecule has 0 saturated heterocycles. The summed E-state index contributed by atoms with van der Waals surface area (Å²) in [5.41, 5.74) is 0. The van der Waals surface area contributed by atoms with E-state index in [1.54, 1.807) is 0 Å². The van der Waals surface area contributed by atoms with Crippen molar-refractivity contribution in [1.29, 1.82) is 0 Å². The molecule has 2 heteroatoms. The van der Waals surface area contributed by atoms with E-state index < -0.39 is 0 Å². The Labute approximate surface area is 68.1 Å². The van der Waals surface area contributed by atoms with Crippen LogP contribution in [-0.2, 0) is 0 Å². The molecule has 0 atom stereocenters. The van der Waals surface area contributed by atoms with Crippen molar-refractivity contribution < 1.29 is 0 Å². The number of allylic oxidation sites excluding steroid dienone is 2. The predicted molar refractivity (Wildman–Crippen MR) is 47.3 cm³/mol. The zero-order chi connectivity index (χ0) is 8.10. The fraction of sp³-hybridized carbons (Fsp3) is 0.333. The van der Waals surface area contributed by atoms with Crippen molar-refractivity contribution in [3.8, 4) is 0 Å². The van der Waals surface area contributed by atoms with Gasteiger partial charge < -0.3 is 9.80 Å². The molecular formula is C9H14N2. The number of nitrogens with zero attached hydrogens (tertiary/aromatic N) is 2. The van der Waals surface area contributed by atoms with Gasteiger partial charge in [-0.25, -0.2) is 0 Å². The average molecular weight is 150 g/mol. The molecule has 0 fully saturated rings. The lowest BCUT2D eigenvalue weighted by Crippen LogP contribution is -2.16. The molecule has 0 radical (unpaired) electrons. The third-order valence-electron chi connectivity index (χ3n) is 1.46. The van der Waals surface area contributed by atoms with Crippen molar-refractivity contribution in [2.75, 3.05) is 6.67 Å². The first-order valence-corrected chi connectivity index (χ1v) is 3.82. The maximum Gasteiger partial charge on any atom is 0.0977 e. The largest absolute Gasteiger partial charge is 0.335 e. The van der Waals surface area contributed by atoms with Crippen molar-refractivity contribution in [2.24, 2.45) is 0 Å². The van der Waals surface area contributed by atoms with E-state index in [2.05, 4.69) is 34.6 Å². The highest BCUT2D eigenvalue weighted by atomic mass is 15.3. The second kappa shape index (κ2) is 3.86. The minimum absolute atomic E-state index is 0.925. The van der Waals surface area contributed by atoms with Crippen LogP contribution >= 0.6 is 0 Å². The number of rotatable bonds is 2. The highest BCUT2D eigenvalue weighted by molar-refractivity contribution is 5.00. The van der Waals surface area contributed by atoms with Gasteiger partial charge in [-0.15, -0.1) is 0 Å². The molecule has 0 unspecified atom stereocenters. The lowest BCUT2D eigenvalue weighted by molar-refractivity contribution is 0.391. The van der Waals surface area contributed by atoms with Crippen LogP contribution in [0.4, 0.5) is 0 Å². The topological polar surface area (TPSA) is 6.48 Å². The van der Waals surface area contributed by atoms with E-state index in [9.17, 15) is 0 Å². The monoisotopic (exact) mass is 150 g/mol. The van der Waals surface area contributed by atoms with Crippen LogP contribution in [-0.4, -0.2) is 16.5 Å². The molecule has 0 aromatic rings. The minimum Gasteiger partial charge on any atom is -0.335 e. The quantitative estimate of drug-likeness (QED) is 0.594. The normalized spacial score (nSPS) is 18.0. The summed E-state index contributed by atoms with van der Waals surface area (Å²) < 4.78 is 0. The third-order valence-corrected chi connectivity index (χ3v) is 1.46. The maximum absolute atomic E-state index is 2.12. The van der Waals surface area contributed by atoms with Crippen LogP contribution in [0.25, 0.3) is 0 Å². The summed E-state index contributed by atoms with van der Waals surface area (Å²) in [6, 6.07) is 0. The van der Waals surface area contributed by atoms with Gasteiger partial charge in [-0.05, 0) is 13.8 Å². The lowest BCUT2D eigenvalue weighted by atomic mass is 10.6. The Morgan fingerprint density at radius 1 is 1.00 bits per heavy atom. The molecule has 0 spiro atoms. The Morgan fingerprint density at radius 3 is 1.82 bits per heavy atom. The highest BCUT2D eigenvalue weighted by Gasteiger charge is 2.04. The molecule has 11 heavy (non-hydrogen) atoms. The first kappa shape index (κ1) is 7.92. The van der Waals surface area contributed by atoms with Crippen molar-refractivity contribution in [3.63, 3.8) is 0 Å². The van der Waals surface area contributed by atoms with Crippen molar-refractivity contribution in [1.82, 2.24) is 9.80 Å². The Bertz CT molecular complexity index is 172. The number of hydrogen-bond donors (Lipinski definition) is 0. The van der Waals surface area contributed by atoms with Gasteiger partial charge in [0.05, 0.1) is 6.67 Å². The first-order chi connectivity index (χ1) is 5.36. The molecule has 1 aliphatic rings. The van der Waals surface area contributed by atoms with E-state index in [1.165, 1.54) is 0 Å². The summed E-state index contributed by atoms with van der Waals surface area (Å²) in [6.45, 7) is 4.97. The van der Waals surface area contributed by atoms with Crippen LogP contribution in [0, 0.1) is 0 Å². The highest BCUT2D eigenvalue weighted by Crippen LogP contribution is 2.06. The number of hydrogen-bond acceptors (Lipinski definition) is 2. The Morgan fingerprint density at radius 2 is 1.45 bits per heavy atom. The van der Waals surface area contributed by atoms with Gasteiger partial charge in [-0.2, -0.15) is 0 Å². The molecule has 0 amide bonds. The zero-order valence-electron chi connectivity index (χ0n) is 7.07. The second-order valence-corrected chi connectivity index (χ2v) is 2.43. The van der Waals surface area contributed by atoms with Gasteiger partial charge >= 0.3 is 0 Å². The van der Waals surface area contributed by atoms with Gasteiger partial charge in [0.15, 0.2) is 0 Å². The summed E-state index contributed by atoms with van der Waals surface area (Å²) in [6.07, 6.45) is 12.3. The van der Waals surface area contributed by atoms with Crippen LogP contribution in [0.1, 0.15) is 13.8 Å². The molecule has 1 rings (SSSR count). The van der Waals surface area contributed by atoms with E-state index in [0.717, 1.165) is 6.67 Å². The van der Waals surface area contributed by atoms with E-state index >= 15 is 0 Å². The molecular weight excluding hydrogens is 136 g/mol. The molecule has 0 aliphatic carbocycles.